The number of nitrogen functional groups attached to an aromatic ring is 1. The van der Waals surface area contributed by atoms with E-state index >= 15 is 0 Å². The molecular weight excluding hydrogens is 250 g/mol. The summed E-state index contributed by atoms with van der Waals surface area (Å²) in [5, 5.41) is 5.48. The number of pyridine rings is 1. The third-order valence-electron chi connectivity index (χ3n) is 4.18. The lowest BCUT2D eigenvalue weighted by Gasteiger charge is -2.08. The zero-order valence-electron chi connectivity index (χ0n) is 11.2. The summed E-state index contributed by atoms with van der Waals surface area (Å²) < 4.78 is 2.10. The van der Waals surface area contributed by atoms with Crippen LogP contribution in [0.3, 0.4) is 0 Å². The Bertz CT molecular complexity index is 749. The molecule has 0 atom stereocenters. The maximum absolute atomic E-state index is 5.97. The molecule has 5 heteroatoms. The fourth-order valence-electron chi connectivity index (χ4n) is 3.05. The standard InChI is InChI=1S/C15H17N5/c16-13-5-6-17-15-12(13)7-14(19-15)10-8-18-20(9-10)11-3-1-2-4-11/h5-9,11H,1-4H2,(H3,16,17,19). The van der Waals surface area contributed by atoms with Crippen molar-refractivity contribution in [3.05, 3.63) is 30.7 Å². The number of fused-ring (bicyclic) bond motifs is 1. The Balaban J connectivity index is 1.73. The summed E-state index contributed by atoms with van der Waals surface area (Å²) in [6.45, 7) is 0. The number of nitrogens with one attached hydrogen (secondary N) is 1. The van der Waals surface area contributed by atoms with E-state index in [-0.39, 0.29) is 0 Å². The molecule has 0 amide bonds. The summed E-state index contributed by atoms with van der Waals surface area (Å²) >= 11 is 0. The van der Waals surface area contributed by atoms with Crippen molar-refractivity contribution >= 4 is 16.7 Å². The van der Waals surface area contributed by atoms with Crippen LogP contribution in [-0.4, -0.2) is 19.7 Å². The number of nitrogens with zero attached hydrogens (tertiary/aromatic N) is 3. The SMILES string of the molecule is Nc1ccnc2[nH]c(-c3cnn(C4CCCC4)c3)cc12. The van der Waals surface area contributed by atoms with Gasteiger partial charge in [0.05, 0.1) is 17.9 Å². The third kappa shape index (κ3) is 1.78. The maximum Gasteiger partial charge on any atom is 0.139 e. The smallest absolute Gasteiger partial charge is 0.139 e. The van der Waals surface area contributed by atoms with Gasteiger partial charge in [0, 0.05) is 29.0 Å². The average Bonchev–Trinajstić information content (AvgIpc) is 3.18. The molecule has 0 saturated heterocycles. The summed E-state index contributed by atoms with van der Waals surface area (Å²) in [5.74, 6) is 0. The van der Waals surface area contributed by atoms with Gasteiger partial charge in [-0.2, -0.15) is 5.10 Å². The molecule has 0 aliphatic heterocycles. The van der Waals surface area contributed by atoms with Gasteiger partial charge in [0.2, 0.25) is 0 Å². The van der Waals surface area contributed by atoms with Crippen LogP contribution in [0.25, 0.3) is 22.3 Å². The van der Waals surface area contributed by atoms with E-state index in [1.807, 2.05) is 18.3 Å². The first-order valence-corrected chi connectivity index (χ1v) is 7.09. The first-order chi connectivity index (χ1) is 9.81. The lowest BCUT2D eigenvalue weighted by atomic mass is 10.2. The molecule has 5 nitrogen and oxygen atoms in total. The number of nitrogens with two attached hydrogens (primary N) is 1. The van der Waals surface area contributed by atoms with Crippen molar-refractivity contribution in [3.63, 3.8) is 0 Å². The molecule has 3 aromatic rings. The van der Waals surface area contributed by atoms with Crippen molar-refractivity contribution in [2.45, 2.75) is 31.7 Å². The first-order valence-electron chi connectivity index (χ1n) is 7.09. The highest BCUT2D eigenvalue weighted by Crippen LogP contribution is 2.31. The van der Waals surface area contributed by atoms with E-state index in [1.165, 1.54) is 25.7 Å². The second kappa shape index (κ2) is 4.37. The molecule has 0 aromatic carbocycles. The van der Waals surface area contributed by atoms with Gasteiger partial charge in [0.25, 0.3) is 0 Å². The molecule has 3 heterocycles. The highest BCUT2D eigenvalue weighted by molar-refractivity contribution is 5.92. The van der Waals surface area contributed by atoms with Gasteiger partial charge in [-0.25, -0.2) is 4.98 Å². The Kier molecular flexibility index (Phi) is 2.52. The van der Waals surface area contributed by atoms with Crippen molar-refractivity contribution in [1.29, 1.82) is 0 Å². The van der Waals surface area contributed by atoms with Crippen LogP contribution in [0.4, 0.5) is 5.69 Å². The number of H-pyrrole nitrogens is 1. The molecule has 1 fully saturated rings. The molecule has 1 aliphatic carbocycles. The molecule has 0 bridgehead atoms. The van der Waals surface area contributed by atoms with Gasteiger partial charge in [-0.1, -0.05) is 12.8 Å². The molecule has 102 valence electrons. The van der Waals surface area contributed by atoms with Crippen molar-refractivity contribution in [2.75, 3.05) is 5.73 Å². The Morgan fingerprint density at radius 2 is 2.15 bits per heavy atom. The van der Waals surface area contributed by atoms with E-state index in [0.29, 0.717) is 6.04 Å². The fourth-order valence-corrected chi connectivity index (χ4v) is 3.05. The Morgan fingerprint density at radius 1 is 1.30 bits per heavy atom. The summed E-state index contributed by atoms with van der Waals surface area (Å²) in [6.07, 6.45) is 10.9. The molecule has 0 unspecified atom stereocenters. The molecule has 0 spiro atoms. The maximum atomic E-state index is 5.97. The highest BCUT2D eigenvalue weighted by Gasteiger charge is 2.18. The number of hydrogen-bond acceptors (Lipinski definition) is 3. The van der Waals surface area contributed by atoms with Gasteiger partial charge in [0.1, 0.15) is 5.65 Å². The van der Waals surface area contributed by atoms with Crippen LogP contribution in [0.2, 0.25) is 0 Å². The Labute approximate surface area is 116 Å². The second-order valence-electron chi connectivity index (χ2n) is 5.49. The lowest BCUT2D eigenvalue weighted by Crippen LogP contribution is -2.04. The van der Waals surface area contributed by atoms with Crippen molar-refractivity contribution in [3.8, 4) is 11.3 Å². The number of anilines is 1. The molecule has 4 rings (SSSR count). The minimum atomic E-state index is 0.566. The van der Waals surface area contributed by atoms with Gasteiger partial charge >= 0.3 is 0 Å². The van der Waals surface area contributed by atoms with Crippen LogP contribution >= 0.6 is 0 Å². The number of aromatic amines is 1. The summed E-state index contributed by atoms with van der Waals surface area (Å²) in [4.78, 5) is 7.62. The van der Waals surface area contributed by atoms with Gasteiger partial charge in [-0.05, 0) is 25.0 Å². The first kappa shape index (κ1) is 11.5. The molecule has 0 radical (unpaired) electrons. The third-order valence-corrected chi connectivity index (χ3v) is 4.18. The van der Waals surface area contributed by atoms with Crippen molar-refractivity contribution < 1.29 is 0 Å². The van der Waals surface area contributed by atoms with E-state index < -0.39 is 0 Å². The van der Waals surface area contributed by atoms with Crippen LogP contribution in [0.5, 0.6) is 0 Å². The molecule has 20 heavy (non-hydrogen) atoms. The van der Waals surface area contributed by atoms with Crippen LogP contribution in [0.1, 0.15) is 31.7 Å². The summed E-state index contributed by atoms with van der Waals surface area (Å²) in [7, 11) is 0. The van der Waals surface area contributed by atoms with E-state index in [9.17, 15) is 0 Å². The van der Waals surface area contributed by atoms with Gasteiger partial charge < -0.3 is 10.7 Å². The minimum absolute atomic E-state index is 0.566. The number of rotatable bonds is 2. The Hall–Kier alpha value is -2.30. The predicted octanol–water partition coefficient (Wildman–Crippen LogP) is 3.12. The normalized spacial score (nSPS) is 16.2. The zero-order chi connectivity index (χ0) is 13.5. The zero-order valence-corrected chi connectivity index (χ0v) is 11.2. The largest absolute Gasteiger partial charge is 0.398 e. The average molecular weight is 267 g/mol. The van der Waals surface area contributed by atoms with E-state index in [0.717, 1.165) is 28.0 Å². The highest BCUT2D eigenvalue weighted by atomic mass is 15.3. The number of hydrogen-bond donors (Lipinski definition) is 2. The van der Waals surface area contributed by atoms with Crippen LogP contribution < -0.4 is 5.73 Å². The summed E-state index contributed by atoms with van der Waals surface area (Å²) in [5.41, 5.74) is 9.66. The molecule has 1 saturated carbocycles. The Morgan fingerprint density at radius 3 is 2.95 bits per heavy atom. The quantitative estimate of drug-likeness (QED) is 0.749. The van der Waals surface area contributed by atoms with Gasteiger partial charge in [0.15, 0.2) is 0 Å². The van der Waals surface area contributed by atoms with Gasteiger partial charge in [-0.15, -0.1) is 0 Å². The number of aromatic nitrogens is 4. The van der Waals surface area contributed by atoms with Crippen LogP contribution in [0, 0.1) is 0 Å². The molecule has 3 aromatic heterocycles. The van der Waals surface area contributed by atoms with Crippen LogP contribution in [0.15, 0.2) is 30.7 Å². The topological polar surface area (TPSA) is 72.5 Å². The second-order valence-corrected chi connectivity index (χ2v) is 5.49. The van der Waals surface area contributed by atoms with Crippen LogP contribution in [-0.2, 0) is 0 Å². The minimum Gasteiger partial charge on any atom is -0.398 e. The molecular formula is C15H17N5. The monoisotopic (exact) mass is 267 g/mol. The summed E-state index contributed by atoms with van der Waals surface area (Å²) in [6, 6.07) is 4.44. The van der Waals surface area contributed by atoms with E-state index in [2.05, 4.69) is 25.9 Å². The molecule has 1 aliphatic rings. The predicted molar refractivity (Wildman–Crippen MR) is 79.2 cm³/mol. The fraction of sp³-hybridized carbons (Fsp3) is 0.333. The van der Waals surface area contributed by atoms with Crippen molar-refractivity contribution in [1.82, 2.24) is 19.7 Å². The van der Waals surface area contributed by atoms with Crippen molar-refractivity contribution in [2.24, 2.45) is 0 Å². The van der Waals surface area contributed by atoms with E-state index in [4.69, 9.17) is 5.73 Å². The lowest BCUT2D eigenvalue weighted by molar-refractivity contribution is 0.467. The molecule has 3 N–H and O–H groups in total. The van der Waals surface area contributed by atoms with Gasteiger partial charge in [-0.3, -0.25) is 4.68 Å². The van der Waals surface area contributed by atoms with E-state index in [1.54, 1.807) is 6.20 Å².